The molecule has 3 rings (SSSR count). The van der Waals surface area contributed by atoms with Gasteiger partial charge in [0.1, 0.15) is 6.04 Å². The minimum absolute atomic E-state index is 0.119. The Hall–Kier alpha value is -2.22. The van der Waals surface area contributed by atoms with E-state index in [0.717, 1.165) is 5.69 Å². The van der Waals surface area contributed by atoms with Crippen molar-refractivity contribution >= 4 is 18.2 Å². The standard InChI is InChI=1S/C21H24N2/c1-15(2)18-11-8-12-19(16(3)4)21(18)20-13-22-14-23(20)17-9-6-5-7-10-17/h5-13,15-16,20H,1-4H3. The first-order valence-electron chi connectivity index (χ1n) is 8.35. The molecule has 1 aliphatic rings. The molecule has 0 fully saturated rings. The molecule has 118 valence electrons. The minimum Gasteiger partial charge on any atom is -0.331 e. The Balaban J connectivity index is 2.14. The molecule has 1 aliphatic heterocycles. The van der Waals surface area contributed by atoms with Crippen LogP contribution in [0.1, 0.15) is 62.3 Å². The van der Waals surface area contributed by atoms with Crippen molar-refractivity contribution in [3.63, 3.8) is 0 Å². The first kappa shape index (κ1) is 15.7. The van der Waals surface area contributed by atoms with E-state index in [1.54, 1.807) is 0 Å². The second-order valence-corrected chi connectivity index (χ2v) is 6.69. The van der Waals surface area contributed by atoms with Crippen LogP contribution in [0.25, 0.3) is 0 Å². The van der Waals surface area contributed by atoms with Crippen molar-refractivity contribution in [1.29, 1.82) is 0 Å². The third-order valence-electron chi connectivity index (χ3n) is 4.41. The number of hydrogen-bond donors (Lipinski definition) is 0. The Kier molecular flexibility index (Phi) is 4.42. The van der Waals surface area contributed by atoms with Crippen molar-refractivity contribution in [2.75, 3.05) is 0 Å². The van der Waals surface area contributed by atoms with Crippen molar-refractivity contribution in [2.24, 2.45) is 4.99 Å². The van der Waals surface area contributed by atoms with Crippen molar-refractivity contribution in [3.05, 3.63) is 65.2 Å². The Morgan fingerprint density at radius 1 is 0.870 bits per heavy atom. The molecule has 23 heavy (non-hydrogen) atoms. The topological polar surface area (TPSA) is 15.4 Å². The van der Waals surface area contributed by atoms with Gasteiger partial charge in [-0.2, -0.15) is 4.99 Å². The molecule has 0 N–H and O–H groups in total. The SMILES string of the molecule is CC(C)c1cccc(C(C)C)c1C1C=N[C-]=[N+]1c1ccccc1. The summed E-state index contributed by atoms with van der Waals surface area (Å²) in [6.07, 6.45) is 5.17. The molecule has 1 atom stereocenters. The summed E-state index contributed by atoms with van der Waals surface area (Å²) in [6, 6.07) is 17.2. The summed E-state index contributed by atoms with van der Waals surface area (Å²) >= 11 is 0. The van der Waals surface area contributed by atoms with Crippen LogP contribution in [0.4, 0.5) is 5.69 Å². The maximum atomic E-state index is 4.35. The molecule has 1 unspecified atom stereocenters. The molecule has 0 saturated carbocycles. The summed E-state index contributed by atoms with van der Waals surface area (Å²) in [7, 11) is 0. The Morgan fingerprint density at radius 3 is 2.04 bits per heavy atom. The molecule has 0 saturated heterocycles. The van der Waals surface area contributed by atoms with Crippen LogP contribution in [0.15, 0.2) is 53.5 Å². The zero-order valence-electron chi connectivity index (χ0n) is 14.3. The maximum absolute atomic E-state index is 4.35. The predicted octanol–water partition coefficient (Wildman–Crippen LogP) is 5.31. The summed E-state index contributed by atoms with van der Waals surface area (Å²) in [5.74, 6) is 0.964. The van der Waals surface area contributed by atoms with E-state index < -0.39 is 0 Å². The molecule has 0 aromatic heterocycles. The van der Waals surface area contributed by atoms with E-state index >= 15 is 0 Å². The summed E-state index contributed by atoms with van der Waals surface area (Å²) in [4.78, 5) is 4.35. The van der Waals surface area contributed by atoms with Crippen molar-refractivity contribution < 1.29 is 4.58 Å². The molecule has 2 nitrogen and oxygen atoms in total. The second kappa shape index (κ2) is 6.49. The average Bonchev–Trinajstić information content (AvgIpc) is 3.04. The average molecular weight is 304 g/mol. The van der Waals surface area contributed by atoms with E-state index in [1.165, 1.54) is 16.7 Å². The summed E-state index contributed by atoms with van der Waals surface area (Å²) < 4.78 is 2.15. The predicted molar refractivity (Wildman–Crippen MR) is 97.2 cm³/mol. The largest absolute Gasteiger partial charge is 0.331 e. The van der Waals surface area contributed by atoms with Crippen LogP contribution in [-0.4, -0.2) is 17.1 Å². The van der Waals surface area contributed by atoms with Gasteiger partial charge in [0, 0.05) is 5.69 Å². The quantitative estimate of drug-likeness (QED) is 0.537. The van der Waals surface area contributed by atoms with E-state index in [2.05, 4.69) is 86.1 Å². The molecule has 0 amide bonds. The highest BCUT2D eigenvalue weighted by Crippen LogP contribution is 2.36. The summed E-state index contributed by atoms with van der Waals surface area (Å²) in [6.45, 7) is 9.04. The molecule has 0 bridgehead atoms. The fourth-order valence-electron chi connectivity index (χ4n) is 3.26. The van der Waals surface area contributed by atoms with Crippen LogP contribution in [0.5, 0.6) is 0 Å². The van der Waals surface area contributed by atoms with E-state index in [-0.39, 0.29) is 6.04 Å². The van der Waals surface area contributed by atoms with Crippen LogP contribution in [0.3, 0.4) is 0 Å². The van der Waals surface area contributed by atoms with E-state index in [4.69, 9.17) is 0 Å². The zero-order valence-corrected chi connectivity index (χ0v) is 14.3. The van der Waals surface area contributed by atoms with Gasteiger partial charge in [0.25, 0.3) is 0 Å². The molecule has 2 heteroatoms. The number of rotatable bonds is 4. The smallest absolute Gasteiger partial charge is 0.248 e. The normalized spacial score (nSPS) is 17.1. The van der Waals surface area contributed by atoms with Gasteiger partial charge in [0.05, 0.1) is 6.21 Å². The highest BCUT2D eigenvalue weighted by molar-refractivity contribution is 5.80. The molecular formula is C21H24N2. The lowest BCUT2D eigenvalue weighted by molar-refractivity contribution is -0.461. The lowest BCUT2D eigenvalue weighted by atomic mass is 9.85. The van der Waals surface area contributed by atoms with Gasteiger partial charge in [-0.05, 0) is 28.5 Å². The molecule has 2 aromatic carbocycles. The Bertz CT molecular complexity index is 713. The number of nitrogens with zero attached hydrogens (tertiary/aromatic N) is 2. The van der Waals surface area contributed by atoms with Gasteiger partial charge in [0.15, 0.2) is 0 Å². The van der Waals surface area contributed by atoms with Gasteiger partial charge in [-0.15, -0.1) is 0 Å². The van der Waals surface area contributed by atoms with Crippen molar-refractivity contribution in [3.8, 4) is 0 Å². The van der Waals surface area contributed by atoms with E-state index in [1.807, 2.05) is 12.3 Å². The molecule has 2 aromatic rings. The minimum atomic E-state index is 0.119. The highest BCUT2D eigenvalue weighted by atomic mass is 15.1. The van der Waals surface area contributed by atoms with Crippen molar-refractivity contribution in [2.45, 2.75) is 45.6 Å². The van der Waals surface area contributed by atoms with Crippen molar-refractivity contribution in [1.82, 2.24) is 0 Å². The number of benzene rings is 2. The van der Waals surface area contributed by atoms with Crippen LogP contribution < -0.4 is 0 Å². The van der Waals surface area contributed by atoms with Crippen LogP contribution in [-0.2, 0) is 0 Å². The van der Waals surface area contributed by atoms with Crippen LogP contribution in [0, 0.1) is 0 Å². The lowest BCUT2D eigenvalue weighted by Gasteiger charge is -2.26. The fraction of sp³-hybridized carbons (Fsp3) is 0.333. The third kappa shape index (κ3) is 2.98. The van der Waals surface area contributed by atoms with Gasteiger partial charge < -0.3 is 4.58 Å². The first-order chi connectivity index (χ1) is 11.1. The summed E-state index contributed by atoms with van der Waals surface area (Å²) in [5, 5.41) is 0. The Labute approximate surface area is 139 Å². The molecule has 1 heterocycles. The van der Waals surface area contributed by atoms with Gasteiger partial charge in [0.2, 0.25) is 6.34 Å². The zero-order chi connectivity index (χ0) is 16.4. The molecule has 0 aliphatic carbocycles. The van der Waals surface area contributed by atoms with E-state index in [9.17, 15) is 0 Å². The Morgan fingerprint density at radius 2 is 1.48 bits per heavy atom. The van der Waals surface area contributed by atoms with Gasteiger partial charge in [-0.25, -0.2) is 0 Å². The maximum Gasteiger partial charge on any atom is 0.248 e. The van der Waals surface area contributed by atoms with Crippen LogP contribution >= 0.6 is 0 Å². The van der Waals surface area contributed by atoms with Gasteiger partial charge in [-0.1, -0.05) is 76.2 Å². The molecule has 0 radical (unpaired) electrons. The fourth-order valence-corrected chi connectivity index (χ4v) is 3.26. The monoisotopic (exact) mass is 304 g/mol. The molecular weight excluding hydrogens is 280 g/mol. The van der Waals surface area contributed by atoms with E-state index in [0.29, 0.717) is 11.8 Å². The first-order valence-corrected chi connectivity index (χ1v) is 8.35. The number of aliphatic imine (C=N–C) groups is 1. The molecule has 0 spiro atoms. The summed E-state index contributed by atoms with van der Waals surface area (Å²) in [5.41, 5.74) is 5.31. The van der Waals surface area contributed by atoms with Crippen LogP contribution in [0.2, 0.25) is 0 Å². The van der Waals surface area contributed by atoms with Gasteiger partial charge >= 0.3 is 0 Å². The number of para-hydroxylation sites is 1. The lowest BCUT2D eigenvalue weighted by Crippen LogP contribution is -2.17. The third-order valence-corrected chi connectivity index (χ3v) is 4.41. The highest BCUT2D eigenvalue weighted by Gasteiger charge is 2.26. The second-order valence-electron chi connectivity index (χ2n) is 6.69. The van der Waals surface area contributed by atoms with Gasteiger partial charge in [-0.3, -0.25) is 0 Å². The number of hydrogen-bond acceptors (Lipinski definition) is 1.